The maximum Gasteiger partial charge on any atom is 0.348 e. The number of benzene rings is 3. The molecule has 180 valence electrons. The van der Waals surface area contributed by atoms with Crippen molar-refractivity contribution in [2.45, 2.75) is 6.61 Å². The van der Waals surface area contributed by atoms with Gasteiger partial charge >= 0.3 is 5.97 Å². The lowest BCUT2D eigenvalue weighted by Gasteiger charge is -2.15. The van der Waals surface area contributed by atoms with Crippen molar-refractivity contribution in [3.05, 3.63) is 94.7 Å². The highest BCUT2D eigenvalue weighted by atomic mass is 32.1. The molecule has 4 rings (SSSR count). The number of nitrogens with zero attached hydrogens (tertiary/aromatic N) is 2. The molecule has 0 aliphatic heterocycles. The predicted octanol–water partition coefficient (Wildman–Crippen LogP) is 6.82. The van der Waals surface area contributed by atoms with Crippen molar-refractivity contribution in [2.24, 2.45) is 0 Å². The van der Waals surface area contributed by atoms with Crippen LogP contribution in [0.4, 0.5) is 11.4 Å². The van der Waals surface area contributed by atoms with Crippen molar-refractivity contribution < 1.29 is 19.0 Å². The number of ether oxygens (including phenoxy) is 3. The third-order valence-corrected chi connectivity index (χ3v) is 6.06. The highest BCUT2D eigenvalue weighted by Gasteiger charge is 2.11. The van der Waals surface area contributed by atoms with Crippen LogP contribution in [0.2, 0.25) is 0 Å². The monoisotopic (exact) mass is 488 g/mol. The van der Waals surface area contributed by atoms with Gasteiger partial charge < -0.3 is 24.0 Å². The third kappa shape index (κ3) is 6.55. The lowest BCUT2D eigenvalue weighted by molar-refractivity contribution is 0.0478. The molecule has 35 heavy (non-hydrogen) atoms. The van der Waals surface area contributed by atoms with E-state index in [1.807, 2.05) is 116 Å². The maximum absolute atomic E-state index is 12.3. The van der Waals surface area contributed by atoms with Crippen molar-refractivity contribution in [2.75, 3.05) is 38.0 Å². The Balaban J connectivity index is 1.56. The fraction of sp³-hybridized carbons (Fsp3) is 0.179. The van der Waals surface area contributed by atoms with Crippen LogP contribution in [-0.2, 0) is 11.3 Å². The summed E-state index contributed by atoms with van der Waals surface area (Å²) in [5.41, 5.74) is 2.92. The van der Waals surface area contributed by atoms with Crippen LogP contribution in [0, 0.1) is 0 Å². The Labute approximate surface area is 209 Å². The largest absolute Gasteiger partial charge is 0.457 e. The Morgan fingerprint density at radius 1 is 0.714 bits per heavy atom. The summed E-state index contributed by atoms with van der Waals surface area (Å²) in [6.07, 6.45) is 0. The zero-order valence-electron chi connectivity index (χ0n) is 20.2. The summed E-state index contributed by atoms with van der Waals surface area (Å²) in [4.78, 5) is 16.9. The molecular weight excluding hydrogens is 460 g/mol. The number of hydrogen-bond acceptors (Lipinski definition) is 7. The molecule has 0 N–H and O–H groups in total. The van der Waals surface area contributed by atoms with E-state index < -0.39 is 0 Å². The van der Waals surface area contributed by atoms with Gasteiger partial charge in [0.25, 0.3) is 0 Å². The second kappa shape index (κ2) is 11.0. The first kappa shape index (κ1) is 24.2. The van der Waals surface area contributed by atoms with Gasteiger partial charge in [-0.1, -0.05) is 6.07 Å². The van der Waals surface area contributed by atoms with Crippen LogP contribution in [0.15, 0.2) is 84.2 Å². The molecular formula is C28H28N2O4S. The van der Waals surface area contributed by atoms with E-state index in [2.05, 4.69) is 0 Å². The molecule has 3 aromatic carbocycles. The molecule has 0 radical (unpaired) electrons. The first-order valence-electron chi connectivity index (χ1n) is 11.1. The molecule has 0 amide bonds. The first-order chi connectivity index (χ1) is 16.9. The summed E-state index contributed by atoms with van der Waals surface area (Å²) in [5.74, 6) is 2.22. The van der Waals surface area contributed by atoms with Crippen LogP contribution in [0.25, 0.3) is 0 Å². The highest BCUT2D eigenvalue weighted by Crippen LogP contribution is 2.32. The van der Waals surface area contributed by atoms with E-state index in [9.17, 15) is 4.79 Å². The number of rotatable bonds is 9. The molecule has 0 bridgehead atoms. The van der Waals surface area contributed by atoms with Gasteiger partial charge in [0.05, 0.1) is 0 Å². The van der Waals surface area contributed by atoms with Gasteiger partial charge in [0.15, 0.2) is 0 Å². The van der Waals surface area contributed by atoms with E-state index in [-0.39, 0.29) is 12.6 Å². The van der Waals surface area contributed by atoms with E-state index in [1.165, 1.54) is 11.3 Å². The second-order valence-electron chi connectivity index (χ2n) is 8.35. The van der Waals surface area contributed by atoms with Crippen LogP contribution in [0.3, 0.4) is 0 Å². The lowest BCUT2D eigenvalue weighted by Crippen LogP contribution is -2.08. The van der Waals surface area contributed by atoms with E-state index >= 15 is 0 Å². The molecule has 7 heteroatoms. The Morgan fingerprint density at radius 2 is 1.23 bits per heavy atom. The molecule has 1 heterocycles. The SMILES string of the molecule is CN(C)c1ccc(Oc2cc(COC(=O)c3cccs3)cc(Oc3ccc(N(C)C)cc3)c2)cc1. The average Bonchev–Trinajstić information content (AvgIpc) is 3.38. The van der Waals surface area contributed by atoms with E-state index in [0.717, 1.165) is 16.9 Å². The van der Waals surface area contributed by atoms with Crippen molar-refractivity contribution >= 4 is 28.7 Å². The molecule has 0 fully saturated rings. The summed E-state index contributed by atoms with van der Waals surface area (Å²) in [6, 6.07) is 24.7. The lowest BCUT2D eigenvalue weighted by atomic mass is 10.2. The minimum Gasteiger partial charge on any atom is -0.457 e. The maximum atomic E-state index is 12.3. The van der Waals surface area contributed by atoms with Crippen molar-refractivity contribution in [1.82, 2.24) is 0 Å². The van der Waals surface area contributed by atoms with Crippen LogP contribution in [-0.4, -0.2) is 34.2 Å². The molecule has 0 spiro atoms. The average molecular weight is 489 g/mol. The Kier molecular flexibility index (Phi) is 7.57. The minimum atomic E-state index is -0.354. The molecule has 4 aromatic rings. The van der Waals surface area contributed by atoms with Crippen LogP contribution >= 0.6 is 11.3 Å². The van der Waals surface area contributed by atoms with Gasteiger partial charge in [-0.2, -0.15) is 0 Å². The fourth-order valence-corrected chi connectivity index (χ4v) is 3.96. The molecule has 0 saturated carbocycles. The van der Waals surface area contributed by atoms with Gasteiger partial charge in [-0.15, -0.1) is 11.3 Å². The first-order valence-corrected chi connectivity index (χ1v) is 12.0. The molecule has 0 aliphatic rings. The Hall–Kier alpha value is -3.97. The summed E-state index contributed by atoms with van der Waals surface area (Å²) < 4.78 is 17.8. The quantitative estimate of drug-likeness (QED) is 0.241. The normalized spacial score (nSPS) is 10.5. The number of esters is 1. The predicted molar refractivity (Wildman–Crippen MR) is 142 cm³/mol. The zero-order chi connectivity index (χ0) is 24.8. The Morgan fingerprint density at radius 3 is 1.66 bits per heavy atom. The highest BCUT2D eigenvalue weighted by molar-refractivity contribution is 7.11. The summed E-state index contributed by atoms with van der Waals surface area (Å²) >= 11 is 1.35. The molecule has 0 saturated heterocycles. The second-order valence-corrected chi connectivity index (χ2v) is 9.29. The Bertz CT molecular complexity index is 1180. The number of carbonyl (C=O) groups is 1. The van der Waals surface area contributed by atoms with Gasteiger partial charge in [0, 0.05) is 45.6 Å². The molecule has 0 atom stereocenters. The minimum absolute atomic E-state index is 0.101. The van der Waals surface area contributed by atoms with E-state index in [1.54, 1.807) is 6.07 Å². The summed E-state index contributed by atoms with van der Waals surface area (Å²) in [7, 11) is 7.97. The number of anilines is 2. The topological polar surface area (TPSA) is 51.2 Å². The van der Waals surface area contributed by atoms with Crippen molar-refractivity contribution in [1.29, 1.82) is 0 Å². The van der Waals surface area contributed by atoms with E-state index in [4.69, 9.17) is 14.2 Å². The number of hydrogen-bond donors (Lipinski definition) is 0. The molecule has 0 unspecified atom stereocenters. The molecule has 1 aromatic heterocycles. The zero-order valence-corrected chi connectivity index (χ0v) is 21.0. The standard InChI is InChI=1S/C28H28N2O4S/c1-29(2)21-7-11-23(12-8-21)33-25-16-20(19-32-28(31)27-6-5-15-35-27)17-26(18-25)34-24-13-9-22(10-14-24)30(3)4/h5-18H,19H2,1-4H3. The fourth-order valence-electron chi connectivity index (χ4n) is 3.34. The number of thiophene rings is 1. The van der Waals surface area contributed by atoms with Crippen LogP contribution in [0.1, 0.15) is 15.2 Å². The van der Waals surface area contributed by atoms with Gasteiger partial charge in [-0.3, -0.25) is 0 Å². The summed E-state index contributed by atoms with van der Waals surface area (Å²) in [6.45, 7) is 0.101. The number of carbonyl (C=O) groups excluding carboxylic acids is 1. The summed E-state index contributed by atoms with van der Waals surface area (Å²) in [5, 5.41) is 1.85. The van der Waals surface area contributed by atoms with Crippen LogP contribution < -0.4 is 19.3 Å². The molecule has 0 aliphatic carbocycles. The van der Waals surface area contributed by atoms with Gasteiger partial charge in [0.1, 0.15) is 34.5 Å². The van der Waals surface area contributed by atoms with Gasteiger partial charge in [0.2, 0.25) is 0 Å². The van der Waals surface area contributed by atoms with Gasteiger partial charge in [-0.05, 0) is 77.7 Å². The van der Waals surface area contributed by atoms with Crippen LogP contribution in [0.5, 0.6) is 23.0 Å². The molecule has 6 nitrogen and oxygen atoms in total. The van der Waals surface area contributed by atoms with Crippen molar-refractivity contribution in [3.8, 4) is 23.0 Å². The van der Waals surface area contributed by atoms with Gasteiger partial charge in [-0.25, -0.2) is 4.79 Å². The smallest absolute Gasteiger partial charge is 0.348 e. The van der Waals surface area contributed by atoms with E-state index in [0.29, 0.717) is 27.9 Å². The third-order valence-electron chi connectivity index (χ3n) is 5.21. The van der Waals surface area contributed by atoms with Crippen molar-refractivity contribution in [3.63, 3.8) is 0 Å².